The summed E-state index contributed by atoms with van der Waals surface area (Å²) in [6.07, 6.45) is 1.86. The van der Waals surface area contributed by atoms with Crippen molar-refractivity contribution < 1.29 is 9.21 Å². The Balaban J connectivity index is 2.54. The van der Waals surface area contributed by atoms with Crippen molar-refractivity contribution in [1.29, 1.82) is 0 Å². The Morgan fingerprint density at radius 3 is 3.00 bits per heavy atom. The molecule has 0 aliphatic carbocycles. The molecular formula is C9H6NO2. The number of carbonyl (C=O) groups excluding carboxylic acids is 1. The average Bonchev–Trinajstić information content (AvgIpc) is 2.47. The van der Waals surface area contributed by atoms with Gasteiger partial charge in [0.05, 0.1) is 6.42 Å². The second kappa shape index (κ2) is 2.77. The van der Waals surface area contributed by atoms with Gasteiger partial charge >= 0.3 is 0 Å². The van der Waals surface area contributed by atoms with Gasteiger partial charge in [0.2, 0.25) is 12.2 Å². The highest BCUT2D eigenvalue weighted by Gasteiger charge is 2.02. The van der Waals surface area contributed by atoms with E-state index >= 15 is 0 Å². The maximum Gasteiger partial charge on any atom is 0.208 e. The third-order valence-electron chi connectivity index (χ3n) is 1.56. The third-order valence-corrected chi connectivity index (χ3v) is 1.56. The number of benzene rings is 1. The normalized spacial score (nSPS) is 10.3. The molecule has 0 N–H and O–H groups in total. The van der Waals surface area contributed by atoms with Crippen LogP contribution in [0.3, 0.4) is 0 Å². The fourth-order valence-corrected chi connectivity index (χ4v) is 1.06. The molecule has 0 atom stereocenters. The van der Waals surface area contributed by atoms with E-state index in [2.05, 4.69) is 4.98 Å². The van der Waals surface area contributed by atoms with Crippen LogP contribution in [0.25, 0.3) is 11.1 Å². The van der Waals surface area contributed by atoms with Gasteiger partial charge in [-0.2, -0.15) is 0 Å². The minimum Gasteiger partial charge on any atom is -0.440 e. The summed E-state index contributed by atoms with van der Waals surface area (Å²) >= 11 is 0. The molecule has 0 unspecified atom stereocenters. The van der Waals surface area contributed by atoms with Crippen LogP contribution >= 0.6 is 0 Å². The third kappa shape index (κ3) is 1.09. The molecule has 1 heterocycles. The van der Waals surface area contributed by atoms with Crippen LogP contribution in [0, 0.1) is 0 Å². The summed E-state index contributed by atoms with van der Waals surface area (Å²) in [6, 6.07) is 7.39. The van der Waals surface area contributed by atoms with Gasteiger partial charge in [-0.05, 0) is 12.1 Å². The van der Waals surface area contributed by atoms with Gasteiger partial charge < -0.3 is 4.42 Å². The molecule has 3 heteroatoms. The van der Waals surface area contributed by atoms with E-state index in [1.807, 2.05) is 24.3 Å². The first kappa shape index (κ1) is 7.03. The molecular weight excluding hydrogens is 154 g/mol. The van der Waals surface area contributed by atoms with Crippen LogP contribution in [0.1, 0.15) is 5.89 Å². The van der Waals surface area contributed by atoms with Crippen molar-refractivity contribution in [3.8, 4) is 0 Å². The van der Waals surface area contributed by atoms with E-state index in [1.54, 1.807) is 6.29 Å². The topological polar surface area (TPSA) is 43.1 Å². The monoisotopic (exact) mass is 160 g/mol. The SMILES string of the molecule is O=[C]Cc1nc2ccccc2o1. The molecule has 1 aromatic heterocycles. The highest BCUT2D eigenvalue weighted by Crippen LogP contribution is 2.14. The Morgan fingerprint density at radius 1 is 1.42 bits per heavy atom. The second-order valence-electron chi connectivity index (χ2n) is 2.40. The van der Waals surface area contributed by atoms with Crippen LogP contribution in [0.2, 0.25) is 0 Å². The first-order valence-electron chi connectivity index (χ1n) is 3.59. The molecule has 59 valence electrons. The summed E-state index contributed by atoms with van der Waals surface area (Å²) in [4.78, 5) is 14.1. The lowest BCUT2D eigenvalue weighted by Crippen LogP contribution is -1.83. The van der Waals surface area contributed by atoms with E-state index in [1.165, 1.54) is 0 Å². The van der Waals surface area contributed by atoms with Gasteiger partial charge in [-0.3, -0.25) is 4.79 Å². The van der Waals surface area contributed by atoms with Gasteiger partial charge in [0.15, 0.2) is 5.58 Å². The molecule has 0 aliphatic heterocycles. The molecule has 0 aliphatic rings. The smallest absolute Gasteiger partial charge is 0.208 e. The average molecular weight is 160 g/mol. The summed E-state index contributed by atoms with van der Waals surface area (Å²) in [6.45, 7) is 0. The fraction of sp³-hybridized carbons (Fsp3) is 0.111. The Labute approximate surface area is 69.0 Å². The molecule has 1 aromatic carbocycles. The van der Waals surface area contributed by atoms with Crippen LogP contribution in [-0.2, 0) is 11.2 Å². The number of aromatic nitrogens is 1. The van der Waals surface area contributed by atoms with E-state index in [0.29, 0.717) is 11.5 Å². The Morgan fingerprint density at radius 2 is 2.25 bits per heavy atom. The summed E-state index contributed by atoms with van der Waals surface area (Å²) in [5.41, 5.74) is 1.49. The lowest BCUT2D eigenvalue weighted by atomic mass is 10.3. The number of nitrogens with zero attached hydrogens (tertiary/aromatic N) is 1. The molecule has 0 saturated carbocycles. The molecule has 0 bridgehead atoms. The number of hydrogen-bond acceptors (Lipinski definition) is 3. The minimum absolute atomic E-state index is 0.120. The number of para-hydroxylation sites is 2. The van der Waals surface area contributed by atoms with Crippen LogP contribution in [0.15, 0.2) is 28.7 Å². The highest BCUT2D eigenvalue weighted by atomic mass is 16.3. The van der Waals surface area contributed by atoms with Crippen molar-refractivity contribution in [3.63, 3.8) is 0 Å². The maximum absolute atomic E-state index is 10.0. The summed E-state index contributed by atoms with van der Waals surface area (Å²) in [7, 11) is 0. The molecule has 12 heavy (non-hydrogen) atoms. The lowest BCUT2D eigenvalue weighted by molar-refractivity contribution is 0.524. The largest absolute Gasteiger partial charge is 0.440 e. The highest BCUT2D eigenvalue weighted by molar-refractivity contribution is 5.72. The predicted molar refractivity (Wildman–Crippen MR) is 43.4 cm³/mol. The minimum atomic E-state index is 0.120. The second-order valence-corrected chi connectivity index (χ2v) is 2.40. The molecule has 0 spiro atoms. The molecule has 1 radical (unpaired) electrons. The van der Waals surface area contributed by atoms with E-state index in [4.69, 9.17) is 4.42 Å². The van der Waals surface area contributed by atoms with Crippen LogP contribution in [-0.4, -0.2) is 11.3 Å². The molecule has 0 amide bonds. The number of fused-ring (bicyclic) bond motifs is 1. The van der Waals surface area contributed by atoms with Crippen molar-refractivity contribution in [3.05, 3.63) is 30.2 Å². The quantitative estimate of drug-likeness (QED) is 0.668. The van der Waals surface area contributed by atoms with Gasteiger partial charge in [-0.25, -0.2) is 4.98 Å². The van der Waals surface area contributed by atoms with Crippen LogP contribution in [0.4, 0.5) is 0 Å². The standard InChI is InChI=1S/C9H6NO2/c11-6-5-9-10-7-3-1-2-4-8(7)12-9/h1-4H,5H2. The summed E-state index contributed by atoms with van der Waals surface area (Å²) in [5, 5.41) is 0. The van der Waals surface area contributed by atoms with Crippen molar-refractivity contribution >= 4 is 17.4 Å². The Bertz CT molecular complexity index is 373. The molecule has 0 fully saturated rings. The van der Waals surface area contributed by atoms with Crippen molar-refractivity contribution in [1.82, 2.24) is 4.98 Å². The first-order chi connectivity index (χ1) is 5.90. The van der Waals surface area contributed by atoms with E-state index in [9.17, 15) is 4.79 Å². The fourth-order valence-electron chi connectivity index (χ4n) is 1.06. The summed E-state index contributed by atoms with van der Waals surface area (Å²) < 4.78 is 5.23. The van der Waals surface area contributed by atoms with Gasteiger partial charge in [0.25, 0.3) is 0 Å². The predicted octanol–water partition coefficient (Wildman–Crippen LogP) is 1.48. The lowest BCUT2D eigenvalue weighted by Gasteiger charge is -1.80. The van der Waals surface area contributed by atoms with Crippen molar-refractivity contribution in [2.24, 2.45) is 0 Å². The van der Waals surface area contributed by atoms with E-state index in [0.717, 1.165) is 5.52 Å². The van der Waals surface area contributed by atoms with Gasteiger partial charge in [-0.15, -0.1) is 0 Å². The van der Waals surface area contributed by atoms with Crippen LogP contribution < -0.4 is 0 Å². The Hall–Kier alpha value is -1.64. The Kier molecular flexibility index (Phi) is 1.63. The van der Waals surface area contributed by atoms with Gasteiger partial charge in [-0.1, -0.05) is 12.1 Å². The molecule has 3 nitrogen and oxygen atoms in total. The zero-order valence-corrected chi connectivity index (χ0v) is 6.28. The van der Waals surface area contributed by atoms with Gasteiger partial charge in [0, 0.05) is 0 Å². The molecule has 0 saturated heterocycles. The first-order valence-corrected chi connectivity index (χ1v) is 3.59. The zero-order chi connectivity index (χ0) is 8.39. The maximum atomic E-state index is 10.0. The van der Waals surface area contributed by atoms with Crippen molar-refractivity contribution in [2.45, 2.75) is 6.42 Å². The van der Waals surface area contributed by atoms with E-state index < -0.39 is 0 Å². The number of hydrogen-bond donors (Lipinski definition) is 0. The molecule has 2 rings (SSSR count). The van der Waals surface area contributed by atoms with Gasteiger partial charge in [0.1, 0.15) is 5.52 Å². The van der Waals surface area contributed by atoms with Crippen molar-refractivity contribution in [2.75, 3.05) is 0 Å². The number of oxazole rings is 1. The molecule has 2 aromatic rings. The summed E-state index contributed by atoms with van der Waals surface area (Å²) in [5.74, 6) is 0.422. The van der Waals surface area contributed by atoms with Crippen LogP contribution in [0.5, 0.6) is 0 Å². The zero-order valence-electron chi connectivity index (χ0n) is 6.28. The van der Waals surface area contributed by atoms with E-state index in [-0.39, 0.29) is 6.42 Å². The number of rotatable bonds is 2.